The maximum absolute atomic E-state index is 6.39. The summed E-state index contributed by atoms with van der Waals surface area (Å²) in [6, 6.07) is 0.437. The Balaban J connectivity index is 2.18. The van der Waals surface area contributed by atoms with Crippen molar-refractivity contribution < 1.29 is 0 Å². The molecule has 2 heterocycles. The van der Waals surface area contributed by atoms with Gasteiger partial charge in [0.1, 0.15) is 5.82 Å². The third-order valence-corrected chi connectivity index (χ3v) is 3.73. The van der Waals surface area contributed by atoms with Gasteiger partial charge in [0.05, 0.1) is 29.5 Å². The molecule has 0 amide bonds. The van der Waals surface area contributed by atoms with E-state index in [0.717, 1.165) is 35.2 Å². The maximum Gasteiger partial charge on any atom is 0.123 e. The van der Waals surface area contributed by atoms with Gasteiger partial charge in [0.25, 0.3) is 0 Å². The molecule has 0 aromatic carbocycles. The molecule has 5 nitrogen and oxygen atoms in total. The fourth-order valence-electron chi connectivity index (χ4n) is 2.10. The maximum atomic E-state index is 6.39. The lowest BCUT2D eigenvalue weighted by Gasteiger charge is -2.11. The molecule has 0 fully saturated rings. The monoisotopic (exact) mass is 295 g/mol. The molecule has 110 valence electrons. The molecule has 0 unspecified atom stereocenters. The molecule has 20 heavy (non-hydrogen) atoms. The Bertz CT molecular complexity index is 570. The number of aromatic nitrogens is 4. The van der Waals surface area contributed by atoms with E-state index in [-0.39, 0.29) is 0 Å². The standard InChI is InChI=1S/C14H22ClN5/c1-5-11-14(15)12(19(4)18-11)9-20-7-6-16-13(20)8-17-10(2)3/h6-7,10,17H,5,8-9H2,1-4H3. The lowest BCUT2D eigenvalue weighted by molar-refractivity contribution is 0.548. The topological polar surface area (TPSA) is 47.7 Å². The van der Waals surface area contributed by atoms with Crippen LogP contribution in [0.1, 0.15) is 38.0 Å². The summed E-state index contributed by atoms with van der Waals surface area (Å²) in [7, 11) is 1.93. The van der Waals surface area contributed by atoms with Crippen molar-refractivity contribution in [3.63, 3.8) is 0 Å². The average molecular weight is 296 g/mol. The summed E-state index contributed by atoms with van der Waals surface area (Å²) in [5.74, 6) is 1.01. The normalized spacial score (nSPS) is 11.5. The summed E-state index contributed by atoms with van der Waals surface area (Å²) in [5.41, 5.74) is 1.97. The molecule has 2 rings (SSSR count). The number of rotatable bonds is 6. The van der Waals surface area contributed by atoms with Crippen LogP contribution in [0.15, 0.2) is 12.4 Å². The van der Waals surface area contributed by atoms with Crippen LogP contribution < -0.4 is 5.32 Å². The molecule has 0 aliphatic rings. The van der Waals surface area contributed by atoms with E-state index in [2.05, 4.69) is 40.7 Å². The van der Waals surface area contributed by atoms with Gasteiger partial charge in [-0.2, -0.15) is 5.10 Å². The van der Waals surface area contributed by atoms with Gasteiger partial charge in [-0.3, -0.25) is 4.68 Å². The Kier molecular flexibility index (Phi) is 4.83. The largest absolute Gasteiger partial charge is 0.328 e. The van der Waals surface area contributed by atoms with Crippen LogP contribution in [0.2, 0.25) is 5.02 Å². The number of imidazole rings is 1. The Morgan fingerprint density at radius 1 is 1.40 bits per heavy atom. The lowest BCUT2D eigenvalue weighted by Crippen LogP contribution is -2.24. The van der Waals surface area contributed by atoms with Gasteiger partial charge in [-0.25, -0.2) is 4.98 Å². The number of aryl methyl sites for hydroxylation is 2. The highest BCUT2D eigenvalue weighted by Gasteiger charge is 2.14. The third-order valence-electron chi connectivity index (χ3n) is 3.29. The van der Waals surface area contributed by atoms with Gasteiger partial charge >= 0.3 is 0 Å². The van der Waals surface area contributed by atoms with Gasteiger partial charge in [-0.1, -0.05) is 32.4 Å². The highest BCUT2D eigenvalue weighted by molar-refractivity contribution is 6.31. The van der Waals surface area contributed by atoms with E-state index in [0.29, 0.717) is 12.6 Å². The molecular formula is C14H22ClN5. The van der Waals surface area contributed by atoms with Gasteiger partial charge < -0.3 is 9.88 Å². The van der Waals surface area contributed by atoms with Crippen LogP contribution in [0, 0.1) is 0 Å². The van der Waals surface area contributed by atoms with Crippen molar-refractivity contribution in [3.8, 4) is 0 Å². The molecule has 0 aliphatic carbocycles. The predicted octanol–water partition coefficient (Wildman–Crippen LogP) is 2.38. The number of hydrogen-bond donors (Lipinski definition) is 1. The summed E-state index contributed by atoms with van der Waals surface area (Å²) in [4.78, 5) is 4.40. The number of halogens is 1. The van der Waals surface area contributed by atoms with E-state index >= 15 is 0 Å². The van der Waals surface area contributed by atoms with Crippen LogP contribution >= 0.6 is 11.6 Å². The zero-order valence-electron chi connectivity index (χ0n) is 12.5. The van der Waals surface area contributed by atoms with E-state index in [1.165, 1.54) is 0 Å². The zero-order chi connectivity index (χ0) is 14.7. The van der Waals surface area contributed by atoms with Crippen LogP contribution in [-0.4, -0.2) is 25.4 Å². The molecule has 0 aliphatic heterocycles. The summed E-state index contributed by atoms with van der Waals surface area (Å²) in [6.45, 7) is 7.75. The number of nitrogens with zero attached hydrogens (tertiary/aromatic N) is 4. The minimum Gasteiger partial charge on any atom is -0.328 e. The second kappa shape index (κ2) is 6.41. The minimum absolute atomic E-state index is 0.437. The van der Waals surface area contributed by atoms with Crippen LogP contribution in [0.3, 0.4) is 0 Å². The highest BCUT2D eigenvalue weighted by atomic mass is 35.5. The quantitative estimate of drug-likeness (QED) is 0.890. The van der Waals surface area contributed by atoms with E-state index < -0.39 is 0 Å². The van der Waals surface area contributed by atoms with Crippen LogP contribution in [-0.2, 0) is 26.6 Å². The van der Waals surface area contributed by atoms with Crippen molar-refractivity contribution in [2.24, 2.45) is 7.05 Å². The Hall–Kier alpha value is -1.33. The fraction of sp³-hybridized carbons (Fsp3) is 0.571. The first kappa shape index (κ1) is 15.1. The minimum atomic E-state index is 0.437. The Morgan fingerprint density at radius 3 is 2.75 bits per heavy atom. The van der Waals surface area contributed by atoms with Crippen molar-refractivity contribution in [1.82, 2.24) is 24.6 Å². The first-order valence-corrected chi connectivity index (χ1v) is 7.34. The number of nitrogens with one attached hydrogen (secondary N) is 1. The molecule has 0 saturated carbocycles. The predicted molar refractivity (Wildman–Crippen MR) is 80.9 cm³/mol. The highest BCUT2D eigenvalue weighted by Crippen LogP contribution is 2.22. The lowest BCUT2D eigenvalue weighted by atomic mass is 10.3. The molecule has 0 radical (unpaired) electrons. The second-order valence-corrected chi connectivity index (χ2v) is 5.57. The first-order chi connectivity index (χ1) is 9.52. The molecule has 2 aromatic rings. The van der Waals surface area contributed by atoms with Gasteiger partial charge in [0.15, 0.2) is 0 Å². The zero-order valence-corrected chi connectivity index (χ0v) is 13.3. The molecule has 0 bridgehead atoms. The summed E-state index contributed by atoms with van der Waals surface area (Å²) < 4.78 is 3.97. The summed E-state index contributed by atoms with van der Waals surface area (Å²) in [6.07, 6.45) is 4.65. The number of hydrogen-bond acceptors (Lipinski definition) is 3. The van der Waals surface area contributed by atoms with Crippen molar-refractivity contribution in [2.75, 3.05) is 0 Å². The average Bonchev–Trinajstić information content (AvgIpc) is 2.95. The second-order valence-electron chi connectivity index (χ2n) is 5.19. The van der Waals surface area contributed by atoms with Crippen LogP contribution in [0.5, 0.6) is 0 Å². The summed E-state index contributed by atoms with van der Waals surface area (Å²) >= 11 is 6.39. The molecule has 2 aromatic heterocycles. The Labute approximate surface area is 125 Å². The molecule has 6 heteroatoms. The van der Waals surface area contributed by atoms with Crippen molar-refractivity contribution in [1.29, 1.82) is 0 Å². The van der Waals surface area contributed by atoms with Crippen LogP contribution in [0.4, 0.5) is 0 Å². The molecule has 0 spiro atoms. The molecule has 1 N–H and O–H groups in total. The van der Waals surface area contributed by atoms with Crippen LogP contribution in [0.25, 0.3) is 0 Å². The Morgan fingerprint density at radius 2 is 2.15 bits per heavy atom. The molecule has 0 atom stereocenters. The van der Waals surface area contributed by atoms with E-state index in [1.807, 2.05) is 24.1 Å². The van der Waals surface area contributed by atoms with Gasteiger partial charge in [-0.05, 0) is 6.42 Å². The molecule has 0 saturated heterocycles. The SMILES string of the molecule is CCc1nn(C)c(Cn2ccnc2CNC(C)C)c1Cl. The van der Waals surface area contributed by atoms with Gasteiger partial charge in [-0.15, -0.1) is 0 Å². The van der Waals surface area contributed by atoms with Crippen molar-refractivity contribution in [2.45, 2.75) is 46.3 Å². The van der Waals surface area contributed by atoms with Crippen molar-refractivity contribution in [3.05, 3.63) is 34.6 Å². The van der Waals surface area contributed by atoms with Crippen molar-refractivity contribution >= 4 is 11.6 Å². The van der Waals surface area contributed by atoms with Gasteiger partial charge in [0, 0.05) is 25.5 Å². The summed E-state index contributed by atoms with van der Waals surface area (Å²) in [5, 5.41) is 8.60. The van der Waals surface area contributed by atoms with Gasteiger partial charge in [0.2, 0.25) is 0 Å². The van der Waals surface area contributed by atoms with E-state index in [1.54, 1.807) is 0 Å². The fourth-order valence-corrected chi connectivity index (χ4v) is 2.45. The molecular weight excluding hydrogens is 274 g/mol. The third kappa shape index (κ3) is 3.22. The first-order valence-electron chi connectivity index (χ1n) is 6.96. The van der Waals surface area contributed by atoms with E-state index in [4.69, 9.17) is 11.6 Å². The van der Waals surface area contributed by atoms with E-state index in [9.17, 15) is 0 Å². The smallest absolute Gasteiger partial charge is 0.123 e.